The van der Waals surface area contributed by atoms with Crippen LogP contribution < -0.4 is 5.73 Å². The number of pyridine rings is 1. The van der Waals surface area contributed by atoms with Gasteiger partial charge in [-0.05, 0) is 30.2 Å². The fraction of sp³-hybridized carbons (Fsp3) is 0.675. The molecule has 0 saturated carbocycles. The zero-order chi connectivity index (χ0) is 40.9. The molecular formula is C40H60N7O9P. The molecule has 3 aromatic heterocycles. The van der Waals surface area contributed by atoms with Crippen molar-refractivity contribution in [1.29, 1.82) is 10.5 Å². The first-order chi connectivity index (χ1) is 27.6. The monoisotopic (exact) mass is 813 g/mol. The summed E-state index contributed by atoms with van der Waals surface area (Å²) in [5.41, 5.74) is 5.28. The topological polar surface area (TPSA) is 241 Å². The van der Waals surface area contributed by atoms with Crippen LogP contribution in [0, 0.1) is 22.7 Å². The molecule has 3 aromatic rings. The molecule has 5 N–H and O–H groups in total. The summed E-state index contributed by atoms with van der Waals surface area (Å²) in [4.78, 5) is 18.6. The SMILES string of the molecule is CCCCCCCCCCCCCCCCCCOC[C@@H](COP(=O)(O)OC[C@@]1(C#N)O[C@@H](c2ccc3c(N)ncnn23)[C@H](O)[C@@H]1O)OCc1ccc(C#N)nc1. The lowest BCUT2D eigenvalue weighted by Gasteiger charge is -2.26. The minimum atomic E-state index is -4.86. The maximum absolute atomic E-state index is 13.1. The summed E-state index contributed by atoms with van der Waals surface area (Å²) < 4.78 is 42.5. The third kappa shape index (κ3) is 14.7. The highest BCUT2D eigenvalue weighted by atomic mass is 31.2. The van der Waals surface area contributed by atoms with Crippen molar-refractivity contribution in [2.24, 2.45) is 0 Å². The van der Waals surface area contributed by atoms with Gasteiger partial charge in [-0.25, -0.2) is 19.0 Å². The van der Waals surface area contributed by atoms with Crippen LogP contribution in [0.2, 0.25) is 0 Å². The van der Waals surface area contributed by atoms with E-state index in [-0.39, 0.29) is 30.4 Å². The van der Waals surface area contributed by atoms with Gasteiger partial charge in [0, 0.05) is 12.8 Å². The van der Waals surface area contributed by atoms with Crippen LogP contribution in [-0.2, 0) is 34.4 Å². The van der Waals surface area contributed by atoms with Crippen LogP contribution in [0.1, 0.15) is 133 Å². The smallest absolute Gasteiger partial charge is 0.387 e. The van der Waals surface area contributed by atoms with Crippen molar-refractivity contribution in [1.82, 2.24) is 19.6 Å². The Balaban J connectivity index is 1.19. The number of nitrogens with two attached hydrogens (primary N) is 1. The zero-order valence-corrected chi connectivity index (χ0v) is 34.0. The molecule has 4 heterocycles. The summed E-state index contributed by atoms with van der Waals surface area (Å²) in [6.45, 7) is 1.52. The fourth-order valence-electron chi connectivity index (χ4n) is 6.77. The molecule has 4 rings (SSSR count). The van der Waals surface area contributed by atoms with E-state index in [4.69, 9.17) is 34.3 Å². The van der Waals surface area contributed by atoms with Gasteiger partial charge >= 0.3 is 7.82 Å². The van der Waals surface area contributed by atoms with E-state index < -0.39 is 51.1 Å². The van der Waals surface area contributed by atoms with E-state index in [0.29, 0.717) is 17.7 Å². The van der Waals surface area contributed by atoms with Gasteiger partial charge in [0.15, 0.2) is 5.82 Å². The summed E-state index contributed by atoms with van der Waals surface area (Å²) in [5.74, 6) is 0.166. The number of aliphatic hydroxyl groups is 2. The molecule has 1 aliphatic heterocycles. The highest BCUT2D eigenvalue weighted by Crippen LogP contribution is 2.47. The van der Waals surface area contributed by atoms with Crippen molar-refractivity contribution in [3.05, 3.63) is 53.7 Å². The van der Waals surface area contributed by atoms with Gasteiger partial charge < -0.3 is 35.1 Å². The van der Waals surface area contributed by atoms with E-state index in [1.54, 1.807) is 30.3 Å². The molecule has 1 saturated heterocycles. The van der Waals surface area contributed by atoms with Crippen molar-refractivity contribution in [3.63, 3.8) is 0 Å². The predicted molar refractivity (Wildman–Crippen MR) is 211 cm³/mol. The van der Waals surface area contributed by atoms with E-state index in [9.17, 15) is 24.9 Å². The Kier molecular flexibility index (Phi) is 19.8. The molecule has 1 unspecified atom stereocenters. The standard InChI is InChI=1S/C40H60N7O9P/c1-2-3-4-5-6-7-8-9-10-11-12-13-14-15-16-17-22-52-26-33(53-25-31-18-19-32(23-41)44-24-31)27-54-57(50,51)55-29-40(28-42)38(49)36(48)37(56-40)34-20-21-35-39(43)45-30-46-47(34)35/h18-21,24,30,33,36-38,48-49H,2-17,22,25-27,29H2,1H3,(H,50,51)(H2,43,45,46)/t33-,36-,37-,38-,40+/m0/s1. The molecule has 0 aromatic carbocycles. The number of phosphoric ester groups is 1. The third-order valence-electron chi connectivity index (χ3n) is 10.2. The van der Waals surface area contributed by atoms with Crippen molar-refractivity contribution in [2.45, 2.75) is 146 Å². The quantitative estimate of drug-likeness (QED) is 0.0425. The maximum Gasteiger partial charge on any atom is 0.472 e. The lowest BCUT2D eigenvalue weighted by atomic mass is 9.96. The van der Waals surface area contributed by atoms with Gasteiger partial charge in [-0.3, -0.25) is 9.05 Å². The second-order valence-electron chi connectivity index (χ2n) is 14.7. The number of aliphatic hydroxyl groups excluding tert-OH is 2. The Morgan fingerprint density at radius 2 is 1.56 bits per heavy atom. The number of rotatable bonds is 29. The predicted octanol–water partition coefficient (Wildman–Crippen LogP) is 6.63. The molecule has 0 amide bonds. The molecule has 0 bridgehead atoms. The highest BCUT2D eigenvalue weighted by molar-refractivity contribution is 7.47. The summed E-state index contributed by atoms with van der Waals surface area (Å²) in [6, 6.07) is 10.1. The van der Waals surface area contributed by atoms with E-state index in [1.807, 2.05) is 6.07 Å². The lowest BCUT2D eigenvalue weighted by Crippen LogP contribution is -2.45. The summed E-state index contributed by atoms with van der Waals surface area (Å²) in [5, 5.41) is 45.0. The molecule has 0 aliphatic carbocycles. The van der Waals surface area contributed by atoms with Gasteiger partial charge in [-0.15, -0.1) is 0 Å². The Morgan fingerprint density at radius 3 is 2.16 bits per heavy atom. The number of hydrogen-bond donors (Lipinski definition) is 4. The first-order valence-corrected chi connectivity index (χ1v) is 21.8. The molecule has 57 heavy (non-hydrogen) atoms. The van der Waals surface area contributed by atoms with Crippen LogP contribution in [-0.4, -0.2) is 85.0 Å². The van der Waals surface area contributed by atoms with Crippen molar-refractivity contribution < 1.29 is 42.9 Å². The van der Waals surface area contributed by atoms with Crippen LogP contribution in [0.3, 0.4) is 0 Å². The summed E-state index contributed by atoms with van der Waals surface area (Å²) in [7, 11) is -4.86. The number of phosphoric acid groups is 1. The van der Waals surface area contributed by atoms with Crippen molar-refractivity contribution in [2.75, 3.05) is 32.2 Å². The zero-order valence-electron chi connectivity index (χ0n) is 33.1. The molecule has 0 radical (unpaired) electrons. The second-order valence-corrected chi connectivity index (χ2v) is 16.1. The van der Waals surface area contributed by atoms with Crippen molar-refractivity contribution in [3.8, 4) is 12.1 Å². The highest BCUT2D eigenvalue weighted by Gasteiger charge is 2.57. The Hall–Kier alpha value is -3.54. The van der Waals surface area contributed by atoms with E-state index >= 15 is 0 Å². The van der Waals surface area contributed by atoms with Crippen molar-refractivity contribution >= 4 is 19.2 Å². The summed E-state index contributed by atoms with van der Waals surface area (Å²) in [6.07, 6.45) is 17.5. The number of fused-ring (bicyclic) bond motifs is 1. The van der Waals surface area contributed by atoms with Crippen LogP contribution >= 0.6 is 7.82 Å². The van der Waals surface area contributed by atoms with Gasteiger partial charge in [0.05, 0.1) is 25.5 Å². The molecule has 1 fully saturated rings. The minimum Gasteiger partial charge on any atom is -0.387 e. The van der Waals surface area contributed by atoms with E-state index in [2.05, 4.69) is 22.0 Å². The van der Waals surface area contributed by atoms with Crippen LogP contribution in [0.25, 0.3) is 5.52 Å². The number of nitrogens with zero attached hydrogens (tertiary/aromatic N) is 6. The van der Waals surface area contributed by atoms with Gasteiger partial charge in [0.1, 0.15) is 60.7 Å². The minimum absolute atomic E-state index is 0.0552. The Morgan fingerprint density at radius 1 is 0.912 bits per heavy atom. The number of hydrogen-bond acceptors (Lipinski definition) is 14. The summed E-state index contributed by atoms with van der Waals surface area (Å²) >= 11 is 0. The number of aromatic nitrogens is 4. The van der Waals surface area contributed by atoms with Crippen LogP contribution in [0.15, 0.2) is 36.8 Å². The van der Waals surface area contributed by atoms with Gasteiger partial charge in [0.2, 0.25) is 5.60 Å². The molecule has 314 valence electrons. The first kappa shape index (κ1) is 46.2. The molecular weight excluding hydrogens is 753 g/mol. The Labute approximate surface area is 335 Å². The van der Waals surface area contributed by atoms with E-state index in [1.165, 1.54) is 101 Å². The van der Waals surface area contributed by atoms with Gasteiger partial charge in [-0.1, -0.05) is 109 Å². The van der Waals surface area contributed by atoms with E-state index in [0.717, 1.165) is 19.3 Å². The molecule has 0 spiro atoms. The third-order valence-corrected chi connectivity index (χ3v) is 11.1. The number of anilines is 1. The largest absolute Gasteiger partial charge is 0.472 e. The fourth-order valence-corrected chi connectivity index (χ4v) is 7.55. The average Bonchev–Trinajstić information content (AvgIpc) is 3.76. The molecule has 17 heteroatoms. The number of nitrogen functional groups attached to an aromatic ring is 1. The molecule has 16 nitrogen and oxygen atoms in total. The van der Waals surface area contributed by atoms with Gasteiger partial charge in [0.25, 0.3) is 0 Å². The normalized spacial score (nSPS) is 21.0. The number of unbranched alkanes of at least 4 members (excludes halogenated alkanes) is 15. The van der Waals surface area contributed by atoms with Gasteiger partial charge in [-0.2, -0.15) is 15.6 Å². The average molecular weight is 814 g/mol. The Bertz CT molecular complexity index is 1750. The number of ether oxygens (including phenoxy) is 3. The molecule has 6 atom stereocenters. The lowest BCUT2D eigenvalue weighted by molar-refractivity contribution is -0.0790. The van der Waals surface area contributed by atoms with Crippen LogP contribution in [0.5, 0.6) is 0 Å². The number of nitriles is 2. The van der Waals surface area contributed by atoms with Crippen LogP contribution in [0.4, 0.5) is 5.82 Å². The second kappa shape index (κ2) is 24.4. The maximum atomic E-state index is 13.1. The first-order valence-electron chi connectivity index (χ1n) is 20.3. The molecule has 1 aliphatic rings.